The Bertz CT molecular complexity index is 413. The second-order valence-corrected chi connectivity index (χ2v) is 5.40. The average molecular weight is 270 g/mol. The number of nitrogens with one attached hydrogen (secondary N) is 1. The van der Waals surface area contributed by atoms with Gasteiger partial charge in [0.2, 0.25) is 0 Å². The van der Waals surface area contributed by atoms with Crippen molar-refractivity contribution in [2.24, 2.45) is 5.41 Å². The molecule has 1 aliphatic rings. The number of aliphatic hydroxyl groups is 1. The summed E-state index contributed by atoms with van der Waals surface area (Å²) < 4.78 is 5.16. The van der Waals surface area contributed by atoms with Crippen molar-refractivity contribution in [2.45, 2.75) is 25.3 Å². The Balaban J connectivity index is 2.30. The van der Waals surface area contributed by atoms with Gasteiger partial charge in [-0.3, -0.25) is 0 Å². The van der Waals surface area contributed by atoms with Crippen LogP contribution in [-0.4, -0.2) is 25.9 Å². The van der Waals surface area contributed by atoms with Crippen LogP contribution >= 0.6 is 11.6 Å². The minimum absolute atomic E-state index is 0.0351. The maximum atomic E-state index is 9.67. The van der Waals surface area contributed by atoms with Crippen molar-refractivity contribution in [1.29, 1.82) is 0 Å². The van der Waals surface area contributed by atoms with Gasteiger partial charge >= 0.3 is 0 Å². The van der Waals surface area contributed by atoms with E-state index >= 15 is 0 Å². The minimum atomic E-state index is -0.0351. The molecule has 1 fully saturated rings. The van der Waals surface area contributed by atoms with Gasteiger partial charge < -0.3 is 15.2 Å². The molecule has 0 amide bonds. The molecular weight excluding hydrogens is 250 g/mol. The lowest BCUT2D eigenvalue weighted by molar-refractivity contribution is 0.00782. The second-order valence-electron chi connectivity index (χ2n) is 4.99. The fraction of sp³-hybridized carbons (Fsp3) is 0.571. The van der Waals surface area contributed by atoms with E-state index < -0.39 is 0 Å². The highest BCUT2D eigenvalue weighted by atomic mass is 35.5. The molecule has 0 aromatic heterocycles. The van der Waals surface area contributed by atoms with Crippen LogP contribution in [0.3, 0.4) is 0 Å². The summed E-state index contributed by atoms with van der Waals surface area (Å²) in [5.41, 5.74) is 1.07. The third-order valence-electron chi connectivity index (χ3n) is 4.07. The average Bonchev–Trinajstić information content (AvgIpc) is 2.33. The Morgan fingerprint density at radius 1 is 1.50 bits per heavy atom. The summed E-state index contributed by atoms with van der Waals surface area (Å²) in [5.74, 6) is 0.682. The topological polar surface area (TPSA) is 41.5 Å². The molecule has 100 valence electrons. The zero-order valence-corrected chi connectivity index (χ0v) is 11.6. The molecule has 2 rings (SSSR count). The summed E-state index contributed by atoms with van der Waals surface area (Å²) in [6, 6.07) is 5.96. The predicted molar refractivity (Wildman–Crippen MR) is 73.2 cm³/mol. The molecule has 1 saturated carbocycles. The van der Waals surface area contributed by atoms with Crippen LogP contribution in [0.25, 0.3) is 0 Å². The van der Waals surface area contributed by atoms with Crippen LogP contribution in [0, 0.1) is 5.41 Å². The van der Waals surface area contributed by atoms with E-state index in [1.54, 1.807) is 7.11 Å². The molecular formula is C14H20ClNO2. The molecule has 1 atom stereocenters. The normalized spacial score (nSPS) is 19.1. The standard InChI is InChI=1S/C14H20ClNO2/c1-16-13(14(9-17)6-3-7-14)10-4-5-12(18-2)11(15)8-10/h4-5,8,13,16-17H,3,6-7,9H2,1-2H3. The number of hydrogen-bond acceptors (Lipinski definition) is 3. The second kappa shape index (κ2) is 5.47. The first-order valence-corrected chi connectivity index (χ1v) is 6.66. The van der Waals surface area contributed by atoms with Crippen LogP contribution in [0.1, 0.15) is 30.9 Å². The number of benzene rings is 1. The Morgan fingerprint density at radius 3 is 2.61 bits per heavy atom. The largest absolute Gasteiger partial charge is 0.495 e. The summed E-state index contributed by atoms with van der Waals surface area (Å²) >= 11 is 6.17. The van der Waals surface area contributed by atoms with Gasteiger partial charge in [0.05, 0.1) is 18.7 Å². The molecule has 18 heavy (non-hydrogen) atoms. The fourth-order valence-corrected chi connectivity index (χ4v) is 3.12. The summed E-state index contributed by atoms with van der Waals surface area (Å²) in [5, 5.41) is 13.6. The van der Waals surface area contributed by atoms with Gasteiger partial charge in [0.15, 0.2) is 0 Å². The van der Waals surface area contributed by atoms with E-state index in [-0.39, 0.29) is 18.1 Å². The molecule has 1 aliphatic carbocycles. The molecule has 1 aromatic rings. The van der Waals surface area contributed by atoms with Crippen LogP contribution in [0.15, 0.2) is 18.2 Å². The molecule has 0 bridgehead atoms. The van der Waals surface area contributed by atoms with Crippen LogP contribution in [0.2, 0.25) is 5.02 Å². The lowest BCUT2D eigenvalue weighted by atomic mass is 9.63. The lowest BCUT2D eigenvalue weighted by Gasteiger charge is -2.46. The van der Waals surface area contributed by atoms with Gasteiger partial charge in [0.1, 0.15) is 5.75 Å². The highest BCUT2D eigenvalue weighted by Gasteiger charge is 2.43. The monoisotopic (exact) mass is 269 g/mol. The van der Waals surface area contributed by atoms with Gasteiger partial charge in [-0.15, -0.1) is 0 Å². The van der Waals surface area contributed by atoms with Gasteiger partial charge in [-0.05, 0) is 37.6 Å². The van der Waals surface area contributed by atoms with E-state index in [4.69, 9.17) is 16.3 Å². The fourth-order valence-electron chi connectivity index (χ4n) is 2.86. The van der Waals surface area contributed by atoms with Crippen molar-refractivity contribution in [3.8, 4) is 5.75 Å². The van der Waals surface area contributed by atoms with Gasteiger partial charge in [-0.2, -0.15) is 0 Å². The zero-order chi connectivity index (χ0) is 13.2. The Labute approximate surface area is 113 Å². The summed E-state index contributed by atoms with van der Waals surface area (Å²) in [4.78, 5) is 0. The molecule has 0 spiro atoms. The van der Waals surface area contributed by atoms with Crippen LogP contribution in [-0.2, 0) is 0 Å². The SMILES string of the molecule is CNC(c1ccc(OC)c(Cl)c1)C1(CO)CCC1. The Kier molecular flexibility index (Phi) is 4.15. The first-order valence-electron chi connectivity index (χ1n) is 6.28. The number of halogens is 1. The van der Waals surface area contributed by atoms with Crippen molar-refractivity contribution < 1.29 is 9.84 Å². The summed E-state index contributed by atoms with van der Waals surface area (Å²) in [6.07, 6.45) is 3.29. The lowest BCUT2D eigenvalue weighted by Crippen LogP contribution is -2.44. The molecule has 0 heterocycles. The molecule has 0 radical (unpaired) electrons. The van der Waals surface area contributed by atoms with Crippen molar-refractivity contribution >= 4 is 11.6 Å². The maximum absolute atomic E-state index is 9.67. The molecule has 2 N–H and O–H groups in total. The number of ether oxygens (including phenoxy) is 1. The summed E-state index contributed by atoms with van der Waals surface area (Å²) in [7, 11) is 3.54. The van der Waals surface area contributed by atoms with E-state index in [1.165, 1.54) is 6.42 Å². The highest BCUT2D eigenvalue weighted by Crippen LogP contribution is 2.50. The molecule has 1 aromatic carbocycles. The van der Waals surface area contributed by atoms with Gasteiger partial charge in [-0.1, -0.05) is 24.1 Å². The summed E-state index contributed by atoms with van der Waals surface area (Å²) in [6.45, 7) is 0.210. The van der Waals surface area contributed by atoms with E-state index in [0.29, 0.717) is 10.8 Å². The first-order chi connectivity index (χ1) is 8.66. The quantitative estimate of drug-likeness (QED) is 0.864. The molecule has 4 heteroatoms. The van der Waals surface area contributed by atoms with E-state index in [9.17, 15) is 5.11 Å². The third-order valence-corrected chi connectivity index (χ3v) is 4.37. The van der Waals surface area contributed by atoms with E-state index in [0.717, 1.165) is 18.4 Å². The highest BCUT2D eigenvalue weighted by molar-refractivity contribution is 6.32. The van der Waals surface area contributed by atoms with Gasteiger partial charge in [0, 0.05) is 11.5 Å². The van der Waals surface area contributed by atoms with Crippen LogP contribution < -0.4 is 10.1 Å². The third kappa shape index (κ3) is 2.22. The Morgan fingerprint density at radius 2 is 2.22 bits per heavy atom. The van der Waals surface area contributed by atoms with Crippen molar-refractivity contribution in [3.05, 3.63) is 28.8 Å². The Hall–Kier alpha value is -0.770. The minimum Gasteiger partial charge on any atom is -0.495 e. The first kappa shape index (κ1) is 13.7. The predicted octanol–water partition coefficient (Wildman–Crippen LogP) is 2.77. The van der Waals surface area contributed by atoms with Crippen LogP contribution in [0.4, 0.5) is 0 Å². The number of aliphatic hydroxyl groups excluding tert-OH is 1. The molecule has 3 nitrogen and oxygen atoms in total. The van der Waals surface area contributed by atoms with Crippen molar-refractivity contribution in [1.82, 2.24) is 5.32 Å². The zero-order valence-electron chi connectivity index (χ0n) is 10.9. The van der Waals surface area contributed by atoms with E-state index in [1.807, 2.05) is 25.2 Å². The molecule has 1 unspecified atom stereocenters. The smallest absolute Gasteiger partial charge is 0.137 e. The van der Waals surface area contributed by atoms with Crippen LogP contribution in [0.5, 0.6) is 5.75 Å². The number of methoxy groups -OCH3 is 1. The van der Waals surface area contributed by atoms with Crippen molar-refractivity contribution in [2.75, 3.05) is 20.8 Å². The van der Waals surface area contributed by atoms with Crippen molar-refractivity contribution in [3.63, 3.8) is 0 Å². The van der Waals surface area contributed by atoms with E-state index in [2.05, 4.69) is 5.32 Å². The molecule has 0 saturated heterocycles. The molecule has 0 aliphatic heterocycles. The van der Waals surface area contributed by atoms with Gasteiger partial charge in [-0.25, -0.2) is 0 Å². The maximum Gasteiger partial charge on any atom is 0.137 e. The number of rotatable bonds is 5. The number of hydrogen-bond donors (Lipinski definition) is 2. The van der Waals surface area contributed by atoms with Gasteiger partial charge in [0.25, 0.3) is 0 Å².